The van der Waals surface area contributed by atoms with Crippen molar-refractivity contribution in [2.45, 2.75) is 37.9 Å². The molecular weight excluding hydrogens is 245 g/mol. The fourth-order valence-electron chi connectivity index (χ4n) is 2.41. The first-order valence-electron chi connectivity index (χ1n) is 6.27. The van der Waals surface area contributed by atoms with Crippen molar-refractivity contribution in [1.29, 1.82) is 0 Å². The third-order valence-corrected chi connectivity index (χ3v) is 3.49. The minimum Gasteiger partial charge on any atom is -0.337 e. The van der Waals surface area contributed by atoms with Crippen molar-refractivity contribution in [1.82, 2.24) is 10.2 Å². The van der Waals surface area contributed by atoms with E-state index < -0.39 is 11.7 Å². The SMILES string of the molecule is O=C([C@@H]1CCCCN1)N1CC=C(C(F)(F)F)CC1. The average Bonchev–Trinajstić information content (AvgIpc) is 2.38. The van der Waals surface area contributed by atoms with Crippen molar-refractivity contribution in [3.8, 4) is 0 Å². The van der Waals surface area contributed by atoms with Crippen molar-refractivity contribution in [3.05, 3.63) is 11.6 Å². The lowest BCUT2D eigenvalue weighted by molar-refractivity contribution is -0.134. The van der Waals surface area contributed by atoms with Gasteiger partial charge in [0.15, 0.2) is 0 Å². The summed E-state index contributed by atoms with van der Waals surface area (Å²) in [4.78, 5) is 13.6. The lowest BCUT2D eigenvalue weighted by Gasteiger charge is -2.32. The molecule has 1 saturated heterocycles. The summed E-state index contributed by atoms with van der Waals surface area (Å²) in [5, 5.41) is 3.12. The van der Waals surface area contributed by atoms with Crippen LogP contribution in [-0.2, 0) is 4.79 Å². The highest BCUT2D eigenvalue weighted by molar-refractivity contribution is 5.82. The van der Waals surface area contributed by atoms with Crippen molar-refractivity contribution < 1.29 is 18.0 Å². The van der Waals surface area contributed by atoms with Crippen LogP contribution in [-0.4, -0.2) is 42.7 Å². The van der Waals surface area contributed by atoms with Gasteiger partial charge < -0.3 is 10.2 Å². The first-order valence-corrected chi connectivity index (χ1v) is 6.27. The van der Waals surface area contributed by atoms with Crippen molar-refractivity contribution in [2.75, 3.05) is 19.6 Å². The molecule has 2 heterocycles. The molecule has 0 spiro atoms. The van der Waals surface area contributed by atoms with E-state index >= 15 is 0 Å². The zero-order valence-corrected chi connectivity index (χ0v) is 10.1. The van der Waals surface area contributed by atoms with Crippen LogP contribution in [0.5, 0.6) is 0 Å². The summed E-state index contributed by atoms with van der Waals surface area (Å²) < 4.78 is 37.3. The third-order valence-electron chi connectivity index (χ3n) is 3.49. The maximum atomic E-state index is 12.4. The summed E-state index contributed by atoms with van der Waals surface area (Å²) in [5.41, 5.74) is -0.511. The van der Waals surface area contributed by atoms with Gasteiger partial charge >= 0.3 is 6.18 Å². The number of hydrogen-bond acceptors (Lipinski definition) is 2. The van der Waals surface area contributed by atoms with Crippen LogP contribution in [0.2, 0.25) is 0 Å². The highest BCUT2D eigenvalue weighted by atomic mass is 19.4. The fraction of sp³-hybridized carbons (Fsp3) is 0.750. The summed E-state index contributed by atoms with van der Waals surface area (Å²) >= 11 is 0. The van der Waals surface area contributed by atoms with E-state index in [1.165, 1.54) is 4.90 Å². The Morgan fingerprint density at radius 1 is 1.39 bits per heavy atom. The molecule has 2 aliphatic rings. The number of nitrogens with one attached hydrogen (secondary N) is 1. The van der Waals surface area contributed by atoms with Gasteiger partial charge in [-0.25, -0.2) is 0 Å². The molecule has 3 nitrogen and oxygen atoms in total. The lowest BCUT2D eigenvalue weighted by atomic mass is 10.0. The monoisotopic (exact) mass is 262 g/mol. The van der Waals surface area contributed by atoms with Crippen molar-refractivity contribution in [3.63, 3.8) is 0 Å². The van der Waals surface area contributed by atoms with Crippen LogP contribution in [0.15, 0.2) is 11.6 Å². The maximum Gasteiger partial charge on any atom is 0.412 e. The predicted molar refractivity (Wildman–Crippen MR) is 61.0 cm³/mol. The molecular formula is C12H17F3N2O. The molecule has 2 aliphatic heterocycles. The molecule has 1 atom stereocenters. The number of hydrogen-bond donors (Lipinski definition) is 1. The van der Waals surface area contributed by atoms with E-state index in [9.17, 15) is 18.0 Å². The molecule has 1 fully saturated rings. The number of piperidine rings is 1. The van der Waals surface area contributed by atoms with Gasteiger partial charge in [-0.2, -0.15) is 13.2 Å². The van der Waals surface area contributed by atoms with Gasteiger partial charge in [-0.15, -0.1) is 0 Å². The van der Waals surface area contributed by atoms with Crippen LogP contribution in [0.3, 0.4) is 0 Å². The minimum atomic E-state index is -4.25. The van der Waals surface area contributed by atoms with Gasteiger partial charge in [0, 0.05) is 18.7 Å². The topological polar surface area (TPSA) is 32.3 Å². The van der Waals surface area contributed by atoms with E-state index in [0.29, 0.717) is 0 Å². The number of carbonyl (C=O) groups is 1. The van der Waals surface area contributed by atoms with E-state index in [0.717, 1.165) is 31.9 Å². The first-order chi connectivity index (χ1) is 8.48. The molecule has 6 heteroatoms. The number of halogens is 3. The largest absolute Gasteiger partial charge is 0.412 e. The summed E-state index contributed by atoms with van der Waals surface area (Å²) in [5.74, 6) is -0.0628. The maximum absolute atomic E-state index is 12.4. The second-order valence-corrected chi connectivity index (χ2v) is 4.76. The third kappa shape index (κ3) is 3.04. The van der Waals surface area contributed by atoms with Crippen LogP contribution >= 0.6 is 0 Å². The standard InChI is InChI=1S/C12H17F3N2O/c13-12(14,15)9-4-7-17(8-5-9)11(18)10-3-1-2-6-16-10/h4,10,16H,1-3,5-8H2/t10-/m0/s1. The van der Waals surface area contributed by atoms with E-state index in [1.807, 2.05) is 0 Å². The van der Waals surface area contributed by atoms with Crippen LogP contribution < -0.4 is 5.32 Å². The van der Waals surface area contributed by atoms with Gasteiger partial charge in [0.05, 0.1) is 6.04 Å². The van der Waals surface area contributed by atoms with E-state index in [2.05, 4.69) is 5.32 Å². The van der Waals surface area contributed by atoms with Gasteiger partial charge in [0.25, 0.3) is 0 Å². The lowest BCUT2D eigenvalue weighted by Crippen LogP contribution is -2.50. The van der Waals surface area contributed by atoms with Crippen LogP contribution in [0.4, 0.5) is 13.2 Å². The van der Waals surface area contributed by atoms with Crippen LogP contribution in [0, 0.1) is 0 Å². The quantitative estimate of drug-likeness (QED) is 0.731. The molecule has 0 unspecified atom stereocenters. The summed E-state index contributed by atoms with van der Waals surface area (Å²) in [6.45, 7) is 1.06. The highest BCUT2D eigenvalue weighted by Crippen LogP contribution is 2.30. The number of nitrogens with zero attached hydrogens (tertiary/aromatic N) is 1. The predicted octanol–water partition coefficient (Wildman–Crippen LogP) is 1.85. The highest BCUT2D eigenvalue weighted by Gasteiger charge is 2.36. The normalized spacial score (nSPS) is 25.8. The summed E-state index contributed by atoms with van der Waals surface area (Å²) in [7, 11) is 0. The summed E-state index contributed by atoms with van der Waals surface area (Å²) in [6.07, 6.45) is -0.377. The first kappa shape index (κ1) is 13.4. The molecule has 0 aliphatic carbocycles. The Balaban J connectivity index is 1.92. The molecule has 0 saturated carbocycles. The zero-order valence-electron chi connectivity index (χ0n) is 10.1. The Labute approximate surface area is 104 Å². The molecule has 0 aromatic heterocycles. The Kier molecular flexibility index (Phi) is 3.94. The van der Waals surface area contributed by atoms with Gasteiger partial charge in [-0.3, -0.25) is 4.79 Å². The van der Waals surface area contributed by atoms with Crippen LogP contribution in [0.1, 0.15) is 25.7 Å². The Morgan fingerprint density at radius 3 is 2.67 bits per heavy atom. The molecule has 102 valence electrons. The second-order valence-electron chi connectivity index (χ2n) is 4.76. The van der Waals surface area contributed by atoms with Crippen molar-refractivity contribution >= 4 is 5.91 Å². The smallest absolute Gasteiger partial charge is 0.337 e. The summed E-state index contributed by atoms with van der Waals surface area (Å²) in [6, 6.07) is -0.209. The van der Waals surface area contributed by atoms with Crippen molar-refractivity contribution in [2.24, 2.45) is 0 Å². The van der Waals surface area contributed by atoms with E-state index in [1.54, 1.807) is 0 Å². The Morgan fingerprint density at radius 2 is 2.17 bits per heavy atom. The molecule has 1 amide bonds. The van der Waals surface area contributed by atoms with Gasteiger partial charge in [-0.1, -0.05) is 12.5 Å². The van der Waals surface area contributed by atoms with Gasteiger partial charge in [0.2, 0.25) is 5.91 Å². The zero-order chi connectivity index (χ0) is 13.2. The molecule has 0 bridgehead atoms. The number of carbonyl (C=O) groups excluding carboxylic acids is 1. The van der Waals surface area contributed by atoms with Crippen LogP contribution in [0.25, 0.3) is 0 Å². The molecule has 2 rings (SSSR count). The molecule has 18 heavy (non-hydrogen) atoms. The molecule has 1 N–H and O–H groups in total. The average molecular weight is 262 g/mol. The van der Waals surface area contributed by atoms with E-state index in [4.69, 9.17) is 0 Å². The van der Waals surface area contributed by atoms with Gasteiger partial charge in [-0.05, 0) is 25.8 Å². The minimum absolute atomic E-state index is 0.0628. The number of amides is 1. The molecule has 0 aromatic rings. The Hall–Kier alpha value is -1.04. The second kappa shape index (κ2) is 5.30. The van der Waals surface area contributed by atoms with Gasteiger partial charge in [0.1, 0.15) is 0 Å². The fourth-order valence-corrected chi connectivity index (χ4v) is 2.41. The van der Waals surface area contributed by atoms with E-state index in [-0.39, 0.29) is 31.5 Å². The molecule has 0 radical (unpaired) electrons. The number of alkyl halides is 3. The number of rotatable bonds is 1. The Bertz CT molecular complexity index is 346. The molecule has 0 aromatic carbocycles.